The molecule has 1 aromatic carbocycles. The van der Waals surface area contributed by atoms with Gasteiger partial charge in [-0.2, -0.15) is 8.42 Å². The lowest BCUT2D eigenvalue weighted by Gasteiger charge is -2.11. The highest BCUT2D eigenvalue weighted by Crippen LogP contribution is 2.15. The van der Waals surface area contributed by atoms with Gasteiger partial charge in [-0.25, -0.2) is 0 Å². The summed E-state index contributed by atoms with van der Waals surface area (Å²) < 4.78 is 28.7. The molecular formula is C13H20O3S. The van der Waals surface area contributed by atoms with Crippen LogP contribution in [0.15, 0.2) is 29.2 Å². The predicted octanol–water partition coefficient (Wildman–Crippen LogP) is 3.14. The molecule has 0 heterocycles. The lowest BCUT2D eigenvalue weighted by atomic mass is 10.1. The fraction of sp³-hybridized carbons (Fsp3) is 0.538. The van der Waals surface area contributed by atoms with Crippen molar-refractivity contribution >= 4 is 10.1 Å². The summed E-state index contributed by atoms with van der Waals surface area (Å²) in [6.07, 6.45) is 2.01. The van der Waals surface area contributed by atoms with E-state index in [1.165, 1.54) is 0 Å². The molecule has 0 aliphatic carbocycles. The van der Waals surface area contributed by atoms with Crippen molar-refractivity contribution < 1.29 is 12.6 Å². The van der Waals surface area contributed by atoms with Crippen LogP contribution in [0.25, 0.3) is 0 Å². The summed E-state index contributed by atoms with van der Waals surface area (Å²) in [5.74, 6) is 0.264. The van der Waals surface area contributed by atoms with Gasteiger partial charge in [-0.3, -0.25) is 4.18 Å². The molecule has 0 N–H and O–H groups in total. The Hall–Kier alpha value is -0.870. The zero-order chi connectivity index (χ0) is 12.9. The Balaban J connectivity index is 2.66. The van der Waals surface area contributed by atoms with Gasteiger partial charge in [0, 0.05) is 0 Å². The van der Waals surface area contributed by atoms with Crippen LogP contribution in [0.4, 0.5) is 0 Å². The van der Waals surface area contributed by atoms with Crippen molar-refractivity contribution in [3.05, 3.63) is 29.8 Å². The molecule has 0 radical (unpaired) electrons. The van der Waals surface area contributed by atoms with Gasteiger partial charge in [0.25, 0.3) is 10.1 Å². The number of hydrogen-bond acceptors (Lipinski definition) is 3. The van der Waals surface area contributed by atoms with Crippen LogP contribution in [0, 0.1) is 12.8 Å². The van der Waals surface area contributed by atoms with Crippen LogP contribution in [0.3, 0.4) is 0 Å². The second kappa shape index (κ2) is 6.17. The third-order valence-corrected chi connectivity index (χ3v) is 3.89. The van der Waals surface area contributed by atoms with Crippen molar-refractivity contribution in [3.63, 3.8) is 0 Å². The maximum Gasteiger partial charge on any atom is 0.296 e. The highest BCUT2D eigenvalue weighted by molar-refractivity contribution is 7.86. The van der Waals surface area contributed by atoms with Crippen molar-refractivity contribution in [3.8, 4) is 0 Å². The quantitative estimate of drug-likeness (QED) is 0.734. The van der Waals surface area contributed by atoms with E-state index in [0.717, 1.165) is 18.4 Å². The summed E-state index contributed by atoms with van der Waals surface area (Å²) in [7, 11) is -3.59. The van der Waals surface area contributed by atoms with Gasteiger partial charge < -0.3 is 0 Å². The molecule has 0 saturated carbocycles. The van der Waals surface area contributed by atoms with E-state index in [2.05, 4.69) is 6.92 Å². The van der Waals surface area contributed by atoms with Crippen LogP contribution >= 0.6 is 0 Å². The van der Waals surface area contributed by atoms with Gasteiger partial charge in [-0.05, 0) is 31.4 Å². The van der Waals surface area contributed by atoms with E-state index in [9.17, 15) is 8.42 Å². The summed E-state index contributed by atoms with van der Waals surface area (Å²) in [4.78, 5) is 0.229. The van der Waals surface area contributed by atoms with Crippen molar-refractivity contribution in [2.75, 3.05) is 6.61 Å². The second-order valence-corrected chi connectivity index (χ2v) is 6.06. The van der Waals surface area contributed by atoms with Gasteiger partial charge in [0.05, 0.1) is 11.5 Å². The van der Waals surface area contributed by atoms with Gasteiger partial charge >= 0.3 is 0 Å². The third-order valence-electron chi connectivity index (χ3n) is 2.60. The Morgan fingerprint density at radius 1 is 1.24 bits per heavy atom. The molecule has 0 bridgehead atoms. The lowest BCUT2D eigenvalue weighted by Crippen LogP contribution is -2.12. The molecule has 1 atom stereocenters. The summed E-state index contributed by atoms with van der Waals surface area (Å²) in [6, 6.07) is 6.70. The highest BCUT2D eigenvalue weighted by Gasteiger charge is 2.16. The van der Waals surface area contributed by atoms with Crippen LogP contribution < -0.4 is 0 Å². The summed E-state index contributed by atoms with van der Waals surface area (Å²) >= 11 is 0. The van der Waals surface area contributed by atoms with Crippen molar-refractivity contribution in [1.82, 2.24) is 0 Å². The summed E-state index contributed by atoms with van der Waals surface area (Å²) in [5.41, 5.74) is 1.03. The molecular weight excluding hydrogens is 236 g/mol. The average molecular weight is 256 g/mol. The van der Waals surface area contributed by atoms with Crippen LogP contribution in [0.1, 0.15) is 32.3 Å². The molecule has 0 aromatic heterocycles. The maximum atomic E-state index is 11.8. The van der Waals surface area contributed by atoms with E-state index in [1.54, 1.807) is 24.3 Å². The van der Waals surface area contributed by atoms with Crippen molar-refractivity contribution in [2.45, 2.75) is 38.5 Å². The number of benzene rings is 1. The van der Waals surface area contributed by atoms with E-state index in [0.29, 0.717) is 0 Å². The van der Waals surface area contributed by atoms with Crippen LogP contribution in [-0.2, 0) is 14.3 Å². The fourth-order valence-electron chi connectivity index (χ4n) is 1.55. The zero-order valence-corrected chi connectivity index (χ0v) is 11.5. The van der Waals surface area contributed by atoms with Crippen molar-refractivity contribution in [2.24, 2.45) is 5.92 Å². The van der Waals surface area contributed by atoms with Gasteiger partial charge in [-0.1, -0.05) is 38.0 Å². The second-order valence-electron chi connectivity index (χ2n) is 4.45. The Morgan fingerprint density at radius 3 is 2.35 bits per heavy atom. The molecule has 0 fully saturated rings. The molecule has 1 unspecified atom stereocenters. The number of hydrogen-bond donors (Lipinski definition) is 0. The monoisotopic (exact) mass is 256 g/mol. The largest absolute Gasteiger partial charge is 0.296 e. The summed E-state index contributed by atoms with van der Waals surface area (Å²) in [6.45, 7) is 6.24. The van der Waals surface area contributed by atoms with E-state index in [1.807, 2.05) is 13.8 Å². The van der Waals surface area contributed by atoms with Gasteiger partial charge in [0.2, 0.25) is 0 Å². The van der Waals surface area contributed by atoms with Crippen LogP contribution in [0.5, 0.6) is 0 Å². The number of rotatable bonds is 6. The number of aryl methyl sites for hydroxylation is 1. The average Bonchev–Trinajstić information content (AvgIpc) is 2.28. The first-order valence-corrected chi connectivity index (χ1v) is 7.32. The molecule has 1 aromatic rings. The minimum atomic E-state index is -3.59. The van der Waals surface area contributed by atoms with Gasteiger partial charge in [0.1, 0.15) is 0 Å². The minimum absolute atomic E-state index is 0.229. The van der Waals surface area contributed by atoms with E-state index in [4.69, 9.17) is 4.18 Å². The molecule has 0 spiro atoms. The molecule has 0 amide bonds. The standard InChI is InChI=1S/C13H20O3S/c1-4-5-12(3)10-16-17(14,15)13-8-6-11(2)7-9-13/h6-9,12H,4-5,10H2,1-3H3. The van der Waals surface area contributed by atoms with Gasteiger partial charge in [-0.15, -0.1) is 0 Å². The third kappa shape index (κ3) is 4.48. The topological polar surface area (TPSA) is 43.4 Å². The molecule has 1 rings (SSSR count). The maximum absolute atomic E-state index is 11.8. The van der Waals surface area contributed by atoms with Crippen LogP contribution in [0.2, 0.25) is 0 Å². The van der Waals surface area contributed by atoms with Gasteiger partial charge in [0.15, 0.2) is 0 Å². The molecule has 4 heteroatoms. The summed E-state index contributed by atoms with van der Waals surface area (Å²) in [5, 5.41) is 0. The van der Waals surface area contributed by atoms with Crippen molar-refractivity contribution in [1.29, 1.82) is 0 Å². The van der Waals surface area contributed by atoms with Crippen LogP contribution in [-0.4, -0.2) is 15.0 Å². The smallest absolute Gasteiger partial charge is 0.266 e. The molecule has 96 valence electrons. The first-order chi connectivity index (χ1) is 7.95. The molecule has 17 heavy (non-hydrogen) atoms. The fourth-order valence-corrected chi connectivity index (χ4v) is 2.57. The van der Waals surface area contributed by atoms with E-state index in [-0.39, 0.29) is 17.4 Å². The Morgan fingerprint density at radius 2 is 1.82 bits per heavy atom. The molecule has 0 aliphatic rings. The Labute approximate surface area is 104 Å². The molecule has 0 aliphatic heterocycles. The lowest BCUT2D eigenvalue weighted by molar-refractivity contribution is 0.256. The SMILES string of the molecule is CCCC(C)COS(=O)(=O)c1ccc(C)cc1. The highest BCUT2D eigenvalue weighted by atomic mass is 32.2. The zero-order valence-electron chi connectivity index (χ0n) is 10.6. The first-order valence-electron chi connectivity index (χ1n) is 5.92. The normalized spacial score (nSPS) is 13.6. The molecule has 3 nitrogen and oxygen atoms in total. The Kier molecular flexibility index (Phi) is 5.15. The minimum Gasteiger partial charge on any atom is -0.266 e. The predicted molar refractivity (Wildman–Crippen MR) is 68.4 cm³/mol. The molecule has 0 saturated heterocycles. The van der Waals surface area contributed by atoms with E-state index >= 15 is 0 Å². The Bertz CT molecular complexity index is 434. The first kappa shape index (κ1) is 14.2. The van der Waals surface area contributed by atoms with E-state index < -0.39 is 10.1 Å².